The predicted molar refractivity (Wildman–Crippen MR) is 128 cm³/mol. The molecule has 0 fully saturated rings. The number of benzene rings is 1. The highest BCUT2D eigenvalue weighted by Gasteiger charge is 2.26. The highest BCUT2D eigenvalue weighted by molar-refractivity contribution is 7.99. The van der Waals surface area contributed by atoms with Crippen molar-refractivity contribution in [1.82, 2.24) is 25.1 Å². The minimum atomic E-state index is -0.352. The third kappa shape index (κ3) is 6.04. The second kappa shape index (κ2) is 11.1. The van der Waals surface area contributed by atoms with Crippen LogP contribution < -0.4 is 10.6 Å². The molecule has 0 bridgehead atoms. The number of carbonyl (C=O) groups excluding carboxylic acids is 2. The van der Waals surface area contributed by atoms with Gasteiger partial charge < -0.3 is 15.2 Å². The van der Waals surface area contributed by atoms with Crippen LogP contribution in [0.5, 0.6) is 0 Å². The van der Waals surface area contributed by atoms with Crippen molar-refractivity contribution in [2.75, 3.05) is 11.1 Å². The summed E-state index contributed by atoms with van der Waals surface area (Å²) in [5, 5.41) is 17.4. The number of anilines is 1. The molecule has 0 spiro atoms. The molecule has 2 heterocycles. The molecule has 3 rings (SSSR count). The van der Waals surface area contributed by atoms with Gasteiger partial charge in [-0.15, -0.1) is 28.1 Å². The van der Waals surface area contributed by atoms with Gasteiger partial charge in [0.1, 0.15) is 0 Å². The number of amides is 2. The molecule has 8 nitrogen and oxygen atoms in total. The van der Waals surface area contributed by atoms with Crippen molar-refractivity contribution in [3.63, 3.8) is 0 Å². The van der Waals surface area contributed by atoms with E-state index in [9.17, 15) is 9.59 Å². The van der Waals surface area contributed by atoms with E-state index < -0.39 is 0 Å². The summed E-state index contributed by atoms with van der Waals surface area (Å²) in [5.74, 6) is 0.518. The van der Waals surface area contributed by atoms with E-state index in [0.717, 1.165) is 5.56 Å². The van der Waals surface area contributed by atoms with E-state index in [1.165, 1.54) is 23.1 Å². The Balaban J connectivity index is 1.75. The predicted octanol–water partition coefficient (Wildman–Crippen LogP) is 4.09. The van der Waals surface area contributed by atoms with E-state index in [-0.39, 0.29) is 29.5 Å². The van der Waals surface area contributed by atoms with Gasteiger partial charge in [0.05, 0.1) is 11.8 Å². The zero-order chi connectivity index (χ0) is 23.1. The Bertz CT molecular complexity index is 1060. The zero-order valence-electron chi connectivity index (χ0n) is 18.2. The number of aryl methyl sites for hydroxylation is 1. The van der Waals surface area contributed by atoms with Crippen molar-refractivity contribution >= 4 is 40.0 Å². The van der Waals surface area contributed by atoms with Gasteiger partial charge in [0.15, 0.2) is 16.1 Å². The van der Waals surface area contributed by atoms with Crippen LogP contribution in [0.25, 0.3) is 0 Å². The normalized spacial score (nSPS) is 11.9. The summed E-state index contributed by atoms with van der Waals surface area (Å²) < 4.78 is 1.88. The maximum absolute atomic E-state index is 12.8. The van der Waals surface area contributed by atoms with Crippen molar-refractivity contribution in [1.29, 1.82) is 0 Å². The largest absolute Gasteiger partial charge is 0.342 e. The number of hydrogen-bond acceptors (Lipinski definition) is 7. The maximum Gasteiger partial charge on any atom is 0.251 e. The second-order valence-electron chi connectivity index (χ2n) is 7.48. The first-order valence-electron chi connectivity index (χ1n) is 10.1. The minimum absolute atomic E-state index is 0.0724. The van der Waals surface area contributed by atoms with E-state index in [4.69, 9.17) is 0 Å². The zero-order valence-corrected chi connectivity index (χ0v) is 19.9. The van der Waals surface area contributed by atoms with E-state index in [1.807, 2.05) is 37.5 Å². The van der Waals surface area contributed by atoms with Crippen LogP contribution in [0, 0.1) is 12.8 Å². The number of rotatable bonds is 10. The van der Waals surface area contributed by atoms with Gasteiger partial charge in [0.2, 0.25) is 5.91 Å². The average Bonchev–Trinajstić information content (AvgIpc) is 3.41. The first-order chi connectivity index (χ1) is 15.4. The average molecular weight is 471 g/mol. The fourth-order valence-electron chi connectivity index (χ4n) is 2.97. The molecule has 0 unspecified atom stereocenters. The first kappa shape index (κ1) is 23.7. The van der Waals surface area contributed by atoms with Crippen LogP contribution in [0.4, 0.5) is 5.13 Å². The number of aromatic nitrogens is 4. The molecule has 2 N–H and O–H groups in total. The Morgan fingerprint density at radius 1 is 1.25 bits per heavy atom. The third-order valence-electron chi connectivity index (χ3n) is 4.61. The summed E-state index contributed by atoms with van der Waals surface area (Å²) in [5.41, 5.74) is 1.68. The van der Waals surface area contributed by atoms with Crippen LogP contribution in [-0.2, 0) is 11.3 Å². The van der Waals surface area contributed by atoms with Crippen LogP contribution in [0.1, 0.15) is 41.6 Å². The molecule has 0 aliphatic carbocycles. The molecule has 0 aliphatic heterocycles. The lowest BCUT2D eigenvalue weighted by molar-refractivity contribution is -0.113. The molecule has 0 aliphatic rings. The molecule has 1 atom stereocenters. The van der Waals surface area contributed by atoms with Crippen molar-refractivity contribution in [2.45, 2.75) is 38.5 Å². The number of allylic oxidation sites excluding steroid dienone is 1. The van der Waals surface area contributed by atoms with Gasteiger partial charge >= 0.3 is 0 Å². The smallest absolute Gasteiger partial charge is 0.251 e. The maximum atomic E-state index is 12.8. The van der Waals surface area contributed by atoms with E-state index >= 15 is 0 Å². The third-order valence-corrected chi connectivity index (χ3v) is 6.27. The Labute approximate surface area is 195 Å². The molecule has 10 heteroatoms. The number of thioether (sulfide) groups is 1. The quantitative estimate of drug-likeness (QED) is 0.342. The number of nitrogens with zero attached hydrogens (tertiary/aromatic N) is 4. The standard InChI is InChI=1S/C22H26N6O2S2/c1-5-11-28-19(18(14(2)3)25-20(30)16-8-6-15(4)7-9-16)26-27-22(28)32-13-17(29)24-21-23-10-12-31-21/h5-10,12,14,18H,1,11,13H2,2-4H3,(H,25,30)(H,23,24,29)/t18-/m0/s1. The van der Waals surface area contributed by atoms with E-state index in [1.54, 1.807) is 29.8 Å². The number of hydrogen-bond donors (Lipinski definition) is 2. The van der Waals surface area contributed by atoms with Gasteiger partial charge in [-0.1, -0.05) is 49.4 Å². The lowest BCUT2D eigenvalue weighted by Gasteiger charge is -2.22. The Kier molecular flexibility index (Phi) is 8.18. The molecule has 3 aromatic rings. The summed E-state index contributed by atoms with van der Waals surface area (Å²) in [7, 11) is 0. The Morgan fingerprint density at radius 3 is 2.62 bits per heavy atom. The van der Waals surface area contributed by atoms with Gasteiger partial charge in [0, 0.05) is 23.7 Å². The van der Waals surface area contributed by atoms with Gasteiger partial charge in [0.25, 0.3) is 5.91 Å². The fourth-order valence-corrected chi connectivity index (χ4v) is 4.27. The SMILES string of the molecule is C=CCn1c(SCC(=O)Nc2nccs2)nnc1[C@@H](NC(=O)c1ccc(C)cc1)C(C)C. The summed E-state index contributed by atoms with van der Waals surface area (Å²) in [6.45, 7) is 10.3. The number of carbonyl (C=O) groups is 2. The van der Waals surface area contributed by atoms with Crippen molar-refractivity contribution < 1.29 is 9.59 Å². The fraction of sp³-hybridized carbons (Fsp3) is 0.318. The Morgan fingerprint density at radius 2 is 2.00 bits per heavy atom. The van der Waals surface area contributed by atoms with Crippen LogP contribution in [0.3, 0.4) is 0 Å². The first-order valence-corrected chi connectivity index (χ1v) is 12.0. The minimum Gasteiger partial charge on any atom is -0.342 e. The van der Waals surface area contributed by atoms with E-state index in [2.05, 4.69) is 32.4 Å². The lowest BCUT2D eigenvalue weighted by atomic mass is 10.0. The van der Waals surface area contributed by atoms with Gasteiger partial charge in [-0.05, 0) is 25.0 Å². The van der Waals surface area contributed by atoms with Gasteiger partial charge in [-0.25, -0.2) is 4.98 Å². The topological polar surface area (TPSA) is 102 Å². The lowest BCUT2D eigenvalue weighted by Crippen LogP contribution is -2.33. The number of thiazole rings is 1. The molecule has 2 aromatic heterocycles. The summed E-state index contributed by atoms with van der Waals surface area (Å²) in [6, 6.07) is 7.07. The monoisotopic (exact) mass is 470 g/mol. The summed E-state index contributed by atoms with van der Waals surface area (Å²) in [4.78, 5) is 29.1. The highest BCUT2D eigenvalue weighted by Crippen LogP contribution is 2.26. The highest BCUT2D eigenvalue weighted by atomic mass is 32.2. The molecule has 0 saturated heterocycles. The van der Waals surface area contributed by atoms with Crippen LogP contribution in [0.15, 0.2) is 53.7 Å². The Hall–Kier alpha value is -2.98. The van der Waals surface area contributed by atoms with Crippen LogP contribution in [0.2, 0.25) is 0 Å². The second-order valence-corrected chi connectivity index (χ2v) is 9.31. The molecular formula is C22H26N6O2S2. The molecule has 1 aromatic carbocycles. The van der Waals surface area contributed by atoms with Gasteiger partial charge in [-0.3, -0.25) is 9.59 Å². The molecule has 0 radical (unpaired) electrons. The molecule has 2 amide bonds. The van der Waals surface area contributed by atoms with E-state index in [0.29, 0.717) is 28.2 Å². The van der Waals surface area contributed by atoms with Crippen LogP contribution >= 0.6 is 23.1 Å². The van der Waals surface area contributed by atoms with Crippen LogP contribution in [-0.4, -0.2) is 37.3 Å². The van der Waals surface area contributed by atoms with Crippen molar-refractivity contribution in [2.24, 2.45) is 5.92 Å². The van der Waals surface area contributed by atoms with Gasteiger partial charge in [-0.2, -0.15) is 0 Å². The van der Waals surface area contributed by atoms with Crippen molar-refractivity contribution in [3.8, 4) is 0 Å². The molecule has 0 saturated carbocycles. The number of nitrogens with one attached hydrogen (secondary N) is 2. The summed E-state index contributed by atoms with van der Waals surface area (Å²) >= 11 is 2.64. The molecule has 168 valence electrons. The van der Waals surface area contributed by atoms with Crippen molar-refractivity contribution in [3.05, 3.63) is 65.4 Å². The molecule has 32 heavy (non-hydrogen) atoms. The molecular weight excluding hydrogens is 444 g/mol. The summed E-state index contributed by atoms with van der Waals surface area (Å²) in [6.07, 6.45) is 3.38.